The molecule has 3 rings (SSSR count). The van der Waals surface area contributed by atoms with Crippen LogP contribution in [0.15, 0.2) is 63.6 Å². The largest absolute Gasteiger partial charge is 0.409 e. The van der Waals surface area contributed by atoms with Gasteiger partial charge in [0.15, 0.2) is 5.84 Å². The van der Waals surface area contributed by atoms with E-state index in [1.807, 2.05) is 24.3 Å². The molecule has 0 unspecified atom stereocenters. The molecule has 3 aromatic rings. The molecule has 0 saturated heterocycles. The van der Waals surface area contributed by atoms with Gasteiger partial charge in [0, 0.05) is 21.4 Å². The first-order valence-corrected chi connectivity index (χ1v) is 7.40. The van der Waals surface area contributed by atoms with Crippen LogP contribution >= 0.6 is 23.4 Å². The quantitative estimate of drug-likeness (QED) is 0.295. The molecule has 106 valence electrons. The van der Waals surface area contributed by atoms with E-state index < -0.39 is 0 Å². The van der Waals surface area contributed by atoms with Crippen molar-refractivity contribution in [2.75, 3.05) is 0 Å². The number of oxime groups is 1. The van der Waals surface area contributed by atoms with Crippen LogP contribution in [0.25, 0.3) is 10.9 Å². The maximum absolute atomic E-state index is 8.67. The Kier molecular flexibility index (Phi) is 3.77. The van der Waals surface area contributed by atoms with Crippen LogP contribution in [0.2, 0.25) is 5.02 Å². The third-order valence-corrected chi connectivity index (χ3v) is 4.50. The number of hydrogen-bond acceptors (Lipinski definition) is 3. The zero-order chi connectivity index (χ0) is 14.8. The molecule has 0 atom stereocenters. The summed E-state index contributed by atoms with van der Waals surface area (Å²) in [5.41, 5.74) is 7.22. The van der Waals surface area contributed by atoms with Gasteiger partial charge in [-0.25, -0.2) is 0 Å². The van der Waals surface area contributed by atoms with Crippen molar-refractivity contribution in [2.45, 2.75) is 9.92 Å². The van der Waals surface area contributed by atoms with Gasteiger partial charge in [0.2, 0.25) is 0 Å². The predicted molar refractivity (Wildman–Crippen MR) is 86.4 cm³/mol. The average molecular weight is 318 g/mol. The van der Waals surface area contributed by atoms with Crippen molar-refractivity contribution in [2.24, 2.45) is 10.9 Å². The van der Waals surface area contributed by atoms with E-state index in [0.717, 1.165) is 20.8 Å². The summed E-state index contributed by atoms with van der Waals surface area (Å²) in [7, 11) is 0. The minimum Gasteiger partial charge on any atom is -0.409 e. The van der Waals surface area contributed by atoms with Gasteiger partial charge < -0.3 is 15.9 Å². The summed E-state index contributed by atoms with van der Waals surface area (Å²) in [4.78, 5) is 4.24. The summed E-state index contributed by atoms with van der Waals surface area (Å²) in [6.45, 7) is 0. The molecule has 0 spiro atoms. The van der Waals surface area contributed by atoms with Crippen molar-refractivity contribution < 1.29 is 5.21 Å². The number of nitrogens with one attached hydrogen (secondary N) is 1. The van der Waals surface area contributed by atoms with E-state index in [2.05, 4.69) is 22.3 Å². The summed E-state index contributed by atoms with van der Waals surface area (Å²) in [6, 6.07) is 15.5. The number of aromatic nitrogens is 1. The first-order chi connectivity index (χ1) is 10.2. The Balaban J connectivity index is 1.91. The van der Waals surface area contributed by atoms with Crippen LogP contribution < -0.4 is 5.73 Å². The molecule has 0 amide bonds. The highest BCUT2D eigenvalue weighted by molar-refractivity contribution is 7.99. The van der Waals surface area contributed by atoms with Crippen LogP contribution in [0.1, 0.15) is 5.56 Å². The molecule has 2 aromatic carbocycles. The zero-order valence-corrected chi connectivity index (χ0v) is 12.4. The van der Waals surface area contributed by atoms with Gasteiger partial charge in [0.1, 0.15) is 0 Å². The number of benzene rings is 2. The summed E-state index contributed by atoms with van der Waals surface area (Å²) in [5, 5.41) is 14.4. The summed E-state index contributed by atoms with van der Waals surface area (Å²) in [5.74, 6) is 0.0408. The van der Waals surface area contributed by atoms with Crippen LogP contribution in [0.3, 0.4) is 0 Å². The van der Waals surface area contributed by atoms with Crippen LogP contribution in [0.5, 0.6) is 0 Å². The lowest BCUT2D eigenvalue weighted by molar-refractivity contribution is 0.318. The predicted octanol–water partition coefficient (Wildman–Crippen LogP) is 4.07. The molecule has 1 heterocycles. The normalized spacial score (nSPS) is 12.0. The second-order valence-corrected chi connectivity index (χ2v) is 5.94. The third-order valence-electron chi connectivity index (χ3n) is 3.06. The molecule has 0 bridgehead atoms. The number of hydrogen-bond donors (Lipinski definition) is 3. The van der Waals surface area contributed by atoms with Gasteiger partial charge >= 0.3 is 0 Å². The number of amidine groups is 1. The Morgan fingerprint density at radius 3 is 2.71 bits per heavy atom. The Bertz CT molecular complexity index is 796. The maximum Gasteiger partial charge on any atom is 0.170 e. The molecule has 0 radical (unpaired) electrons. The van der Waals surface area contributed by atoms with Gasteiger partial charge in [-0.1, -0.05) is 46.7 Å². The van der Waals surface area contributed by atoms with Crippen molar-refractivity contribution in [1.29, 1.82) is 0 Å². The maximum atomic E-state index is 8.67. The van der Waals surface area contributed by atoms with Crippen molar-refractivity contribution in [3.8, 4) is 0 Å². The van der Waals surface area contributed by atoms with E-state index in [1.165, 1.54) is 11.8 Å². The molecule has 0 aliphatic heterocycles. The summed E-state index contributed by atoms with van der Waals surface area (Å²) >= 11 is 7.79. The molecule has 21 heavy (non-hydrogen) atoms. The lowest BCUT2D eigenvalue weighted by atomic mass is 10.2. The number of H-pyrrole nitrogens is 1. The summed E-state index contributed by atoms with van der Waals surface area (Å²) in [6.07, 6.45) is 0. The number of nitrogens with zero attached hydrogens (tertiary/aromatic N) is 1. The third kappa shape index (κ3) is 2.84. The highest BCUT2D eigenvalue weighted by Gasteiger charge is 2.08. The number of rotatable bonds is 3. The van der Waals surface area contributed by atoms with Crippen LogP contribution in [-0.2, 0) is 0 Å². The average Bonchev–Trinajstić information content (AvgIpc) is 2.90. The van der Waals surface area contributed by atoms with Gasteiger partial charge in [0.25, 0.3) is 0 Å². The van der Waals surface area contributed by atoms with Gasteiger partial charge in [-0.2, -0.15) is 0 Å². The second-order valence-electron chi connectivity index (χ2n) is 4.45. The van der Waals surface area contributed by atoms with E-state index in [1.54, 1.807) is 12.1 Å². The fourth-order valence-corrected chi connectivity index (χ4v) is 3.19. The molecule has 0 saturated carbocycles. The fourth-order valence-electron chi connectivity index (χ4n) is 2.02. The van der Waals surface area contributed by atoms with E-state index >= 15 is 0 Å². The van der Waals surface area contributed by atoms with Crippen molar-refractivity contribution in [3.63, 3.8) is 0 Å². The number of halogens is 1. The number of para-hydroxylation sites is 1. The Labute approximate surface area is 130 Å². The van der Waals surface area contributed by atoms with Crippen LogP contribution in [-0.4, -0.2) is 16.0 Å². The molecule has 0 aliphatic carbocycles. The monoisotopic (exact) mass is 317 g/mol. The lowest BCUT2D eigenvalue weighted by Crippen LogP contribution is -2.12. The highest BCUT2D eigenvalue weighted by Crippen LogP contribution is 2.34. The second kappa shape index (κ2) is 5.71. The molecular formula is C15H12ClN3OS. The lowest BCUT2D eigenvalue weighted by Gasteiger charge is -2.05. The first-order valence-electron chi connectivity index (χ1n) is 6.20. The molecule has 0 fully saturated rings. The molecule has 4 nitrogen and oxygen atoms in total. The highest BCUT2D eigenvalue weighted by atomic mass is 35.5. The fraction of sp³-hybridized carbons (Fsp3) is 0. The van der Waals surface area contributed by atoms with Gasteiger partial charge in [0.05, 0.1) is 10.0 Å². The molecule has 1 aromatic heterocycles. The van der Waals surface area contributed by atoms with Crippen LogP contribution in [0.4, 0.5) is 0 Å². The Hall–Kier alpha value is -2.11. The van der Waals surface area contributed by atoms with E-state index in [0.29, 0.717) is 10.6 Å². The number of aromatic amines is 1. The van der Waals surface area contributed by atoms with E-state index in [-0.39, 0.29) is 5.84 Å². The smallest absolute Gasteiger partial charge is 0.170 e. The SMILES string of the molecule is N/C(=N/O)c1ccc(Sc2cc3ccccc3[nH]2)c(Cl)c1. The van der Waals surface area contributed by atoms with Crippen LogP contribution in [0, 0.1) is 0 Å². The Morgan fingerprint density at radius 1 is 1.19 bits per heavy atom. The van der Waals surface area contributed by atoms with Crippen molar-refractivity contribution >= 4 is 40.1 Å². The van der Waals surface area contributed by atoms with Gasteiger partial charge in [-0.05, 0) is 30.3 Å². The van der Waals surface area contributed by atoms with Gasteiger partial charge in [-0.3, -0.25) is 0 Å². The minimum atomic E-state index is 0.0408. The molecule has 6 heteroatoms. The number of fused-ring (bicyclic) bond motifs is 1. The number of nitrogens with two attached hydrogens (primary N) is 1. The molecule has 4 N–H and O–H groups in total. The zero-order valence-electron chi connectivity index (χ0n) is 10.9. The van der Waals surface area contributed by atoms with Crippen molar-refractivity contribution in [1.82, 2.24) is 4.98 Å². The minimum absolute atomic E-state index is 0.0408. The first kappa shape index (κ1) is 13.9. The van der Waals surface area contributed by atoms with E-state index in [9.17, 15) is 0 Å². The van der Waals surface area contributed by atoms with Gasteiger partial charge in [-0.15, -0.1) is 0 Å². The van der Waals surface area contributed by atoms with Crippen molar-refractivity contribution in [3.05, 3.63) is 59.1 Å². The molecular weight excluding hydrogens is 306 g/mol. The molecule has 0 aliphatic rings. The summed E-state index contributed by atoms with van der Waals surface area (Å²) < 4.78 is 0. The Morgan fingerprint density at radius 2 is 2.00 bits per heavy atom. The van der Waals surface area contributed by atoms with E-state index in [4.69, 9.17) is 22.5 Å². The topological polar surface area (TPSA) is 74.4 Å². The standard InChI is InChI=1S/C15H12ClN3OS/c16-11-7-10(15(17)19-20)5-6-13(11)21-14-8-9-3-1-2-4-12(9)18-14/h1-8,18,20H,(H2,17,19).